The SMILES string of the molecule is COC(=O)C(C)OC1CCOC1. The third-order valence-corrected chi connectivity index (χ3v) is 1.82. The molecule has 4 nitrogen and oxygen atoms in total. The van der Waals surface area contributed by atoms with E-state index in [2.05, 4.69) is 4.74 Å². The zero-order valence-electron chi connectivity index (χ0n) is 7.41. The summed E-state index contributed by atoms with van der Waals surface area (Å²) in [5, 5.41) is 0. The molecule has 0 bridgehead atoms. The first-order valence-electron chi connectivity index (χ1n) is 4.05. The van der Waals surface area contributed by atoms with Crippen LogP contribution in [0.5, 0.6) is 0 Å². The van der Waals surface area contributed by atoms with E-state index in [9.17, 15) is 4.79 Å². The molecule has 0 aromatic heterocycles. The average Bonchev–Trinajstić information content (AvgIpc) is 2.55. The van der Waals surface area contributed by atoms with Crippen LogP contribution in [-0.4, -0.2) is 38.5 Å². The van der Waals surface area contributed by atoms with Crippen LogP contribution < -0.4 is 0 Å². The van der Waals surface area contributed by atoms with Crippen molar-refractivity contribution < 1.29 is 19.0 Å². The van der Waals surface area contributed by atoms with Crippen molar-refractivity contribution >= 4 is 5.97 Å². The summed E-state index contributed by atoms with van der Waals surface area (Å²) in [4.78, 5) is 10.9. The van der Waals surface area contributed by atoms with Gasteiger partial charge in [-0.15, -0.1) is 0 Å². The van der Waals surface area contributed by atoms with Crippen molar-refractivity contribution in [1.82, 2.24) is 0 Å². The third kappa shape index (κ3) is 2.46. The fourth-order valence-electron chi connectivity index (χ4n) is 1.13. The second kappa shape index (κ2) is 4.42. The van der Waals surface area contributed by atoms with Gasteiger partial charge in [-0.25, -0.2) is 4.79 Å². The lowest BCUT2D eigenvalue weighted by molar-refractivity contribution is -0.156. The lowest BCUT2D eigenvalue weighted by Crippen LogP contribution is -2.27. The number of esters is 1. The molecule has 1 heterocycles. The number of carbonyl (C=O) groups excluding carboxylic acids is 1. The molecule has 1 aliphatic rings. The van der Waals surface area contributed by atoms with Crippen molar-refractivity contribution in [1.29, 1.82) is 0 Å². The molecule has 0 saturated carbocycles. The topological polar surface area (TPSA) is 44.8 Å². The smallest absolute Gasteiger partial charge is 0.334 e. The van der Waals surface area contributed by atoms with Gasteiger partial charge in [0.05, 0.1) is 19.8 Å². The highest BCUT2D eigenvalue weighted by Gasteiger charge is 2.22. The molecule has 1 saturated heterocycles. The van der Waals surface area contributed by atoms with E-state index in [0.717, 1.165) is 13.0 Å². The maximum absolute atomic E-state index is 10.9. The van der Waals surface area contributed by atoms with Gasteiger partial charge in [-0.2, -0.15) is 0 Å². The van der Waals surface area contributed by atoms with Crippen LogP contribution in [0.15, 0.2) is 0 Å². The molecule has 4 heteroatoms. The van der Waals surface area contributed by atoms with E-state index in [1.165, 1.54) is 7.11 Å². The van der Waals surface area contributed by atoms with Crippen molar-refractivity contribution in [2.24, 2.45) is 0 Å². The summed E-state index contributed by atoms with van der Waals surface area (Å²) >= 11 is 0. The highest BCUT2D eigenvalue weighted by Crippen LogP contribution is 2.10. The van der Waals surface area contributed by atoms with Crippen LogP contribution in [-0.2, 0) is 19.0 Å². The molecular formula is C8H14O4. The molecule has 0 aliphatic carbocycles. The predicted octanol–water partition coefficient (Wildman–Crippen LogP) is 0.353. The Morgan fingerprint density at radius 1 is 1.67 bits per heavy atom. The quantitative estimate of drug-likeness (QED) is 0.579. The molecule has 2 atom stereocenters. The van der Waals surface area contributed by atoms with E-state index < -0.39 is 6.10 Å². The lowest BCUT2D eigenvalue weighted by Gasteiger charge is -2.14. The molecule has 0 radical (unpaired) electrons. The summed E-state index contributed by atoms with van der Waals surface area (Å²) in [5.74, 6) is -0.332. The summed E-state index contributed by atoms with van der Waals surface area (Å²) in [5.41, 5.74) is 0. The van der Waals surface area contributed by atoms with Gasteiger partial charge in [-0.3, -0.25) is 0 Å². The average molecular weight is 174 g/mol. The Bertz CT molecular complexity index is 151. The first-order chi connectivity index (χ1) is 5.74. The van der Waals surface area contributed by atoms with Crippen LogP contribution in [0.25, 0.3) is 0 Å². The van der Waals surface area contributed by atoms with Gasteiger partial charge in [0.15, 0.2) is 6.10 Å². The van der Waals surface area contributed by atoms with Crippen molar-refractivity contribution in [2.75, 3.05) is 20.3 Å². The largest absolute Gasteiger partial charge is 0.467 e. The van der Waals surface area contributed by atoms with Gasteiger partial charge in [0.25, 0.3) is 0 Å². The Kier molecular flexibility index (Phi) is 3.49. The highest BCUT2D eigenvalue weighted by atomic mass is 16.6. The lowest BCUT2D eigenvalue weighted by atomic mass is 10.3. The molecule has 70 valence electrons. The van der Waals surface area contributed by atoms with Gasteiger partial charge in [0.1, 0.15) is 0 Å². The third-order valence-electron chi connectivity index (χ3n) is 1.82. The fraction of sp³-hybridized carbons (Fsp3) is 0.875. The molecule has 1 rings (SSSR count). The van der Waals surface area contributed by atoms with Gasteiger partial charge in [-0.1, -0.05) is 0 Å². The van der Waals surface area contributed by atoms with Crippen molar-refractivity contribution in [2.45, 2.75) is 25.6 Å². The molecule has 12 heavy (non-hydrogen) atoms. The van der Waals surface area contributed by atoms with E-state index >= 15 is 0 Å². The van der Waals surface area contributed by atoms with Crippen molar-refractivity contribution in [3.8, 4) is 0 Å². The maximum Gasteiger partial charge on any atom is 0.334 e. The number of ether oxygens (including phenoxy) is 3. The Morgan fingerprint density at radius 2 is 2.42 bits per heavy atom. The fourth-order valence-corrected chi connectivity index (χ4v) is 1.13. The van der Waals surface area contributed by atoms with Crippen LogP contribution in [0.1, 0.15) is 13.3 Å². The molecule has 1 fully saturated rings. The number of hydrogen-bond donors (Lipinski definition) is 0. The second-order valence-corrected chi connectivity index (χ2v) is 2.79. The van der Waals surface area contributed by atoms with E-state index in [0.29, 0.717) is 6.61 Å². The summed E-state index contributed by atoms with van der Waals surface area (Å²) < 4.78 is 15.0. The first kappa shape index (κ1) is 9.48. The Morgan fingerprint density at radius 3 is 2.92 bits per heavy atom. The summed E-state index contributed by atoms with van der Waals surface area (Å²) in [6, 6.07) is 0. The van der Waals surface area contributed by atoms with Gasteiger partial charge < -0.3 is 14.2 Å². The second-order valence-electron chi connectivity index (χ2n) is 2.79. The number of hydrogen-bond acceptors (Lipinski definition) is 4. The molecule has 0 amide bonds. The van der Waals surface area contributed by atoms with Crippen LogP contribution in [0.4, 0.5) is 0 Å². The van der Waals surface area contributed by atoms with Gasteiger partial charge >= 0.3 is 5.97 Å². The Labute approximate surface area is 71.8 Å². The Balaban J connectivity index is 2.24. The van der Waals surface area contributed by atoms with Crippen LogP contribution in [0, 0.1) is 0 Å². The van der Waals surface area contributed by atoms with Crippen molar-refractivity contribution in [3.63, 3.8) is 0 Å². The van der Waals surface area contributed by atoms with E-state index in [1.54, 1.807) is 6.92 Å². The molecule has 0 spiro atoms. The predicted molar refractivity (Wildman–Crippen MR) is 41.8 cm³/mol. The van der Waals surface area contributed by atoms with Gasteiger partial charge in [0.2, 0.25) is 0 Å². The molecular weight excluding hydrogens is 160 g/mol. The molecule has 0 aromatic rings. The number of methoxy groups -OCH3 is 1. The van der Waals surface area contributed by atoms with Crippen molar-refractivity contribution in [3.05, 3.63) is 0 Å². The zero-order chi connectivity index (χ0) is 8.97. The van der Waals surface area contributed by atoms with Gasteiger partial charge in [-0.05, 0) is 13.3 Å². The Hall–Kier alpha value is -0.610. The first-order valence-corrected chi connectivity index (χ1v) is 4.05. The molecule has 2 unspecified atom stereocenters. The van der Waals surface area contributed by atoms with Crippen LogP contribution in [0.3, 0.4) is 0 Å². The number of carbonyl (C=O) groups is 1. The summed E-state index contributed by atoms with van der Waals surface area (Å²) in [6.07, 6.45) is 0.433. The highest BCUT2D eigenvalue weighted by molar-refractivity contribution is 5.73. The minimum atomic E-state index is -0.485. The van der Waals surface area contributed by atoms with E-state index in [1.807, 2.05) is 0 Å². The van der Waals surface area contributed by atoms with Gasteiger partial charge in [0, 0.05) is 6.61 Å². The molecule has 0 aromatic carbocycles. The van der Waals surface area contributed by atoms with Crippen LogP contribution in [0.2, 0.25) is 0 Å². The van der Waals surface area contributed by atoms with E-state index in [-0.39, 0.29) is 12.1 Å². The monoisotopic (exact) mass is 174 g/mol. The van der Waals surface area contributed by atoms with E-state index in [4.69, 9.17) is 9.47 Å². The molecule has 0 N–H and O–H groups in total. The number of rotatable bonds is 3. The normalized spacial score (nSPS) is 25.3. The minimum Gasteiger partial charge on any atom is -0.467 e. The standard InChI is InChI=1S/C8H14O4/c1-6(8(9)10-2)12-7-3-4-11-5-7/h6-7H,3-5H2,1-2H3. The summed E-state index contributed by atoms with van der Waals surface area (Å²) in [6.45, 7) is 2.99. The zero-order valence-corrected chi connectivity index (χ0v) is 7.41. The summed E-state index contributed by atoms with van der Waals surface area (Å²) in [7, 11) is 1.35. The van der Waals surface area contributed by atoms with Crippen LogP contribution >= 0.6 is 0 Å². The minimum absolute atomic E-state index is 0.0547. The molecule has 1 aliphatic heterocycles. The maximum atomic E-state index is 10.9.